The zero-order valence-corrected chi connectivity index (χ0v) is 13.5. The lowest BCUT2D eigenvalue weighted by Crippen LogP contribution is -2.45. The highest BCUT2D eigenvalue weighted by Gasteiger charge is 2.37. The molecule has 4 unspecified atom stereocenters. The fraction of sp³-hybridized carbons (Fsp3) is 0.941. The van der Waals surface area contributed by atoms with Gasteiger partial charge in [0.15, 0.2) is 0 Å². The van der Waals surface area contributed by atoms with Crippen LogP contribution in [0.25, 0.3) is 0 Å². The molecular weight excluding hydrogens is 262 g/mol. The van der Waals surface area contributed by atoms with Crippen molar-refractivity contribution >= 4 is 5.91 Å². The molecule has 3 rings (SSSR count). The van der Waals surface area contributed by atoms with E-state index in [0.717, 1.165) is 32.4 Å². The van der Waals surface area contributed by atoms with Gasteiger partial charge in [-0.15, -0.1) is 0 Å². The van der Waals surface area contributed by atoms with Crippen LogP contribution in [0.5, 0.6) is 0 Å². The largest absolute Gasteiger partial charge is 0.341 e. The molecule has 1 amide bonds. The third-order valence-corrected chi connectivity index (χ3v) is 5.94. The number of rotatable bonds is 2. The van der Waals surface area contributed by atoms with Gasteiger partial charge in [-0.25, -0.2) is 0 Å². The van der Waals surface area contributed by atoms with Crippen LogP contribution in [0, 0.1) is 11.8 Å². The molecule has 0 radical (unpaired) electrons. The average molecular weight is 293 g/mol. The van der Waals surface area contributed by atoms with E-state index in [1.165, 1.54) is 38.8 Å². The molecule has 0 spiro atoms. The van der Waals surface area contributed by atoms with Crippen LogP contribution >= 0.6 is 0 Å². The van der Waals surface area contributed by atoms with Crippen molar-refractivity contribution in [2.75, 3.05) is 26.2 Å². The molecule has 2 N–H and O–H groups in total. The first kappa shape index (κ1) is 15.3. The number of hydrogen-bond donors (Lipinski definition) is 1. The van der Waals surface area contributed by atoms with E-state index < -0.39 is 0 Å². The maximum absolute atomic E-state index is 12.8. The fourth-order valence-corrected chi connectivity index (χ4v) is 4.46. The van der Waals surface area contributed by atoms with Crippen molar-refractivity contribution in [1.29, 1.82) is 0 Å². The minimum absolute atomic E-state index is 0.175. The summed E-state index contributed by atoms with van der Waals surface area (Å²) in [5, 5.41) is 0. The van der Waals surface area contributed by atoms with Crippen LogP contribution in [0.2, 0.25) is 0 Å². The third kappa shape index (κ3) is 3.42. The van der Waals surface area contributed by atoms with E-state index >= 15 is 0 Å². The molecule has 3 fully saturated rings. The Bertz CT molecular complexity index is 367. The van der Waals surface area contributed by atoms with Gasteiger partial charge in [0.1, 0.15) is 0 Å². The van der Waals surface area contributed by atoms with Crippen LogP contribution in [0.3, 0.4) is 0 Å². The fourth-order valence-electron chi connectivity index (χ4n) is 4.46. The molecule has 4 atom stereocenters. The summed E-state index contributed by atoms with van der Waals surface area (Å²) in [4.78, 5) is 17.6. The SMILES string of the molecule is CC1CCC(N)CC1C(=O)N1CCC(N2CCCCC2)C1. The summed E-state index contributed by atoms with van der Waals surface area (Å²) in [5.74, 6) is 1.07. The van der Waals surface area contributed by atoms with E-state index in [9.17, 15) is 4.79 Å². The summed E-state index contributed by atoms with van der Waals surface area (Å²) in [6.07, 6.45) is 8.30. The molecule has 1 saturated carbocycles. The van der Waals surface area contributed by atoms with Crippen LogP contribution < -0.4 is 5.73 Å². The van der Waals surface area contributed by atoms with E-state index in [4.69, 9.17) is 5.73 Å². The topological polar surface area (TPSA) is 49.6 Å². The van der Waals surface area contributed by atoms with Gasteiger partial charge in [0.2, 0.25) is 5.91 Å². The number of likely N-dealkylation sites (tertiary alicyclic amines) is 2. The number of amides is 1. The van der Waals surface area contributed by atoms with Crippen molar-refractivity contribution in [2.45, 2.75) is 64.0 Å². The molecule has 0 aromatic carbocycles. The molecule has 4 heteroatoms. The predicted molar refractivity (Wildman–Crippen MR) is 84.9 cm³/mol. The number of piperidine rings is 1. The first-order chi connectivity index (χ1) is 10.1. The summed E-state index contributed by atoms with van der Waals surface area (Å²) in [6, 6.07) is 0.845. The average Bonchev–Trinajstić information content (AvgIpc) is 3.00. The molecule has 0 bridgehead atoms. The van der Waals surface area contributed by atoms with Crippen molar-refractivity contribution in [3.63, 3.8) is 0 Å². The summed E-state index contributed by atoms with van der Waals surface area (Å²) in [5.41, 5.74) is 6.09. The van der Waals surface area contributed by atoms with Crippen LogP contribution in [0.4, 0.5) is 0 Å². The normalized spacial score (nSPS) is 38.7. The van der Waals surface area contributed by atoms with Crippen molar-refractivity contribution in [1.82, 2.24) is 9.80 Å². The Labute approximate surface area is 129 Å². The molecule has 2 aliphatic heterocycles. The van der Waals surface area contributed by atoms with E-state index in [1.54, 1.807) is 0 Å². The summed E-state index contributed by atoms with van der Waals surface area (Å²) in [6.45, 7) is 6.61. The monoisotopic (exact) mass is 293 g/mol. The lowest BCUT2D eigenvalue weighted by atomic mass is 9.77. The zero-order chi connectivity index (χ0) is 14.8. The Hall–Kier alpha value is -0.610. The molecule has 0 aromatic rings. The Morgan fingerprint density at radius 2 is 1.81 bits per heavy atom. The molecule has 2 saturated heterocycles. The highest BCUT2D eigenvalue weighted by molar-refractivity contribution is 5.79. The zero-order valence-electron chi connectivity index (χ0n) is 13.5. The number of hydrogen-bond acceptors (Lipinski definition) is 3. The summed E-state index contributed by atoms with van der Waals surface area (Å²) < 4.78 is 0. The van der Waals surface area contributed by atoms with Crippen molar-refractivity contribution in [3.8, 4) is 0 Å². The lowest BCUT2D eigenvalue weighted by Gasteiger charge is -2.35. The molecule has 120 valence electrons. The maximum Gasteiger partial charge on any atom is 0.226 e. The van der Waals surface area contributed by atoms with Gasteiger partial charge in [-0.1, -0.05) is 13.3 Å². The lowest BCUT2D eigenvalue weighted by molar-refractivity contribution is -0.137. The number of nitrogens with two attached hydrogens (primary N) is 1. The molecule has 21 heavy (non-hydrogen) atoms. The Morgan fingerprint density at radius 3 is 2.57 bits per heavy atom. The van der Waals surface area contributed by atoms with Gasteiger partial charge in [-0.05, 0) is 57.5 Å². The highest BCUT2D eigenvalue weighted by atomic mass is 16.2. The molecule has 0 aromatic heterocycles. The minimum atomic E-state index is 0.175. The minimum Gasteiger partial charge on any atom is -0.341 e. The second kappa shape index (κ2) is 6.66. The van der Waals surface area contributed by atoms with Gasteiger partial charge in [-0.3, -0.25) is 9.69 Å². The molecule has 2 heterocycles. The van der Waals surface area contributed by atoms with Crippen LogP contribution in [0.15, 0.2) is 0 Å². The van der Waals surface area contributed by atoms with Gasteiger partial charge in [-0.2, -0.15) is 0 Å². The summed E-state index contributed by atoms with van der Waals surface area (Å²) in [7, 11) is 0. The Kier molecular flexibility index (Phi) is 4.85. The van der Waals surface area contributed by atoms with E-state index in [1.807, 2.05) is 0 Å². The van der Waals surface area contributed by atoms with E-state index in [-0.39, 0.29) is 12.0 Å². The van der Waals surface area contributed by atoms with Gasteiger partial charge < -0.3 is 10.6 Å². The first-order valence-electron chi connectivity index (χ1n) is 8.93. The van der Waals surface area contributed by atoms with Crippen LogP contribution in [-0.2, 0) is 4.79 Å². The smallest absolute Gasteiger partial charge is 0.226 e. The number of carbonyl (C=O) groups excluding carboxylic acids is 1. The van der Waals surface area contributed by atoms with Gasteiger partial charge >= 0.3 is 0 Å². The predicted octanol–water partition coefficient (Wildman–Crippen LogP) is 1.84. The number of nitrogens with zero attached hydrogens (tertiary/aromatic N) is 2. The second-order valence-electron chi connectivity index (χ2n) is 7.48. The second-order valence-corrected chi connectivity index (χ2v) is 7.48. The molecular formula is C17H31N3O. The Morgan fingerprint density at radius 1 is 1.05 bits per heavy atom. The van der Waals surface area contributed by atoms with Gasteiger partial charge in [0.05, 0.1) is 0 Å². The Balaban J connectivity index is 1.56. The molecule has 1 aliphatic carbocycles. The maximum atomic E-state index is 12.8. The molecule has 4 nitrogen and oxygen atoms in total. The highest BCUT2D eigenvalue weighted by Crippen LogP contribution is 2.32. The third-order valence-electron chi connectivity index (χ3n) is 5.94. The van der Waals surface area contributed by atoms with E-state index in [0.29, 0.717) is 17.9 Å². The van der Waals surface area contributed by atoms with Crippen molar-refractivity contribution in [3.05, 3.63) is 0 Å². The summed E-state index contributed by atoms with van der Waals surface area (Å²) >= 11 is 0. The van der Waals surface area contributed by atoms with E-state index in [2.05, 4.69) is 16.7 Å². The first-order valence-corrected chi connectivity index (χ1v) is 8.93. The van der Waals surface area contributed by atoms with Crippen LogP contribution in [0.1, 0.15) is 51.9 Å². The van der Waals surface area contributed by atoms with Crippen molar-refractivity contribution < 1.29 is 4.79 Å². The quantitative estimate of drug-likeness (QED) is 0.845. The van der Waals surface area contributed by atoms with Gasteiger partial charge in [0, 0.05) is 31.1 Å². The van der Waals surface area contributed by atoms with Gasteiger partial charge in [0.25, 0.3) is 0 Å². The molecule has 3 aliphatic rings. The van der Waals surface area contributed by atoms with Crippen LogP contribution in [-0.4, -0.2) is 54.0 Å². The standard InChI is InChI=1S/C17H31N3O/c1-13-5-6-14(18)11-16(13)17(21)20-10-7-15(12-20)19-8-3-2-4-9-19/h13-16H,2-12,18H2,1H3. The number of carbonyl (C=O) groups is 1. The van der Waals surface area contributed by atoms with Crippen molar-refractivity contribution in [2.24, 2.45) is 17.6 Å².